The SMILES string of the molecule is CCc1[nH]c(C(=O)N[C@@H]2CCN(c3nc(C)c(C(=O)O)s3)C[C@@H]2OC(C)C)nc1Cl. The Morgan fingerprint density at radius 2 is 2.17 bits per heavy atom. The molecule has 0 unspecified atom stereocenters. The molecule has 1 saturated heterocycles. The summed E-state index contributed by atoms with van der Waals surface area (Å²) < 4.78 is 6.07. The Morgan fingerprint density at radius 1 is 1.43 bits per heavy atom. The lowest BCUT2D eigenvalue weighted by Gasteiger charge is -2.39. The number of aryl methyl sites for hydroxylation is 2. The van der Waals surface area contributed by atoms with E-state index in [1.165, 1.54) is 0 Å². The van der Waals surface area contributed by atoms with E-state index in [9.17, 15) is 14.7 Å². The number of aromatic nitrogens is 3. The number of ether oxygens (including phenoxy) is 1. The van der Waals surface area contributed by atoms with E-state index in [4.69, 9.17) is 16.3 Å². The molecule has 164 valence electrons. The second-order valence-corrected chi connectivity index (χ2v) is 8.80. The lowest BCUT2D eigenvalue weighted by molar-refractivity contribution is -0.0167. The number of imidazole rings is 1. The number of amides is 1. The van der Waals surface area contributed by atoms with Gasteiger partial charge in [0.25, 0.3) is 5.91 Å². The van der Waals surface area contributed by atoms with Gasteiger partial charge in [0.2, 0.25) is 0 Å². The summed E-state index contributed by atoms with van der Waals surface area (Å²) in [7, 11) is 0. The van der Waals surface area contributed by atoms with Gasteiger partial charge in [0.1, 0.15) is 4.88 Å². The van der Waals surface area contributed by atoms with Crippen molar-refractivity contribution in [3.05, 3.63) is 27.2 Å². The maximum absolute atomic E-state index is 12.7. The first kappa shape index (κ1) is 22.5. The third-order valence-electron chi connectivity index (χ3n) is 4.87. The average Bonchev–Trinajstić information content (AvgIpc) is 3.25. The molecule has 0 saturated carbocycles. The molecule has 1 aliphatic heterocycles. The van der Waals surface area contributed by atoms with Crippen molar-refractivity contribution in [1.29, 1.82) is 0 Å². The summed E-state index contributed by atoms with van der Waals surface area (Å²) in [6.45, 7) is 8.61. The number of H-pyrrole nitrogens is 1. The quantitative estimate of drug-likeness (QED) is 0.586. The molecule has 1 amide bonds. The van der Waals surface area contributed by atoms with Crippen LogP contribution in [0.3, 0.4) is 0 Å². The van der Waals surface area contributed by atoms with Crippen LogP contribution in [0, 0.1) is 6.92 Å². The van der Waals surface area contributed by atoms with E-state index in [2.05, 4.69) is 20.3 Å². The van der Waals surface area contributed by atoms with Crippen molar-refractivity contribution in [2.24, 2.45) is 0 Å². The minimum absolute atomic E-state index is 0.0354. The maximum Gasteiger partial charge on any atom is 0.347 e. The van der Waals surface area contributed by atoms with Crippen LogP contribution in [0.4, 0.5) is 5.13 Å². The fourth-order valence-corrected chi connectivity index (χ4v) is 4.63. The van der Waals surface area contributed by atoms with Gasteiger partial charge in [-0.15, -0.1) is 0 Å². The van der Waals surface area contributed by atoms with Gasteiger partial charge in [-0.3, -0.25) is 4.79 Å². The third-order valence-corrected chi connectivity index (χ3v) is 6.39. The Balaban J connectivity index is 1.73. The molecule has 11 heteroatoms. The summed E-state index contributed by atoms with van der Waals surface area (Å²) in [5, 5.41) is 13.3. The number of nitrogens with one attached hydrogen (secondary N) is 2. The third kappa shape index (κ3) is 4.93. The number of aromatic amines is 1. The van der Waals surface area contributed by atoms with Crippen LogP contribution in [0.25, 0.3) is 0 Å². The van der Waals surface area contributed by atoms with Gasteiger partial charge < -0.3 is 25.0 Å². The number of hydrogen-bond donors (Lipinski definition) is 3. The molecule has 30 heavy (non-hydrogen) atoms. The maximum atomic E-state index is 12.7. The first-order valence-electron chi connectivity index (χ1n) is 9.85. The van der Waals surface area contributed by atoms with E-state index in [1.807, 2.05) is 25.7 Å². The van der Waals surface area contributed by atoms with Gasteiger partial charge in [-0.05, 0) is 33.6 Å². The summed E-state index contributed by atoms with van der Waals surface area (Å²) in [4.78, 5) is 37.8. The van der Waals surface area contributed by atoms with E-state index in [0.29, 0.717) is 41.9 Å². The zero-order valence-corrected chi connectivity index (χ0v) is 18.9. The first-order chi connectivity index (χ1) is 14.2. The number of nitrogens with zero attached hydrogens (tertiary/aromatic N) is 3. The van der Waals surface area contributed by atoms with Crippen LogP contribution >= 0.6 is 22.9 Å². The molecule has 0 radical (unpaired) electrons. The van der Waals surface area contributed by atoms with Crippen LogP contribution in [-0.2, 0) is 11.2 Å². The van der Waals surface area contributed by atoms with Crippen LogP contribution < -0.4 is 10.2 Å². The number of piperidine rings is 1. The first-order valence-corrected chi connectivity index (χ1v) is 11.0. The Hall–Kier alpha value is -2.17. The highest BCUT2D eigenvalue weighted by atomic mass is 35.5. The number of carbonyl (C=O) groups is 2. The van der Waals surface area contributed by atoms with Crippen molar-refractivity contribution < 1.29 is 19.4 Å². The zero-order valence-electron chi connectivity index (χ0n) is 17.4. The summed E-state index contributed by atoms with van der Waals surface area (Å²) in [6, 6.07) is -0.217. The molecule has 1 aliphatic rings. The Morgan fingerprint density at radius 3 is 2.73 bits per heavy atom. The minimum Gasteiger partial charge on any atom is -0.477 e. The number of carbonyl (C=O) groups excluding carboxylic acids is 1. The monoisotopic (exact) mass is 455 g/mol. The number of anilines is 1. The molecule has 2 aromatic heterocycles. The van der Waals surface area contributed by atoms with Crippen molar-refractivity contribution >= 4 is 39.9 Å². The number of carboxylic acids is 1. The predicted octanol–water partition coefficient (Wildman–Crippen LogP) is 2.89. The number of carboxylic acid groups (broad SMARTS) is 1. The van der Waals surface area contributed by atoms with Gasteiger partial charge >= 0.3 is 5.97 Å². The average molecular weight is 456 g/mol. The molecule has 0 bridgehead atoms. The number of hydrogen-bond acceptors (Lipinski definition) is 7. The van der Waals surface area contributed by atoms with Crippen LogP contribution in [0.1, 0.15) is 58.9 Å². The number of thiazole rings is 1. The Kier molecular flexibility index (Phi) is 6.99. The molecule has 9 nitrogen and oxygen atoms in total. The molecule has 3 N–H and O–H groups in total. The summed E-state index contributed by atoms with van der Waals surface area (Å²) in [6.07, 6.45) is 0.962. The van der Waals surface area contributed by atoms with E-state index in [1.54, 1.807) is 6.92 Å². The van der Waals surface area contributed by atoms with Crippen molar-refractivity contribution in [2.75, 3.05) is 18.0 Å². The second kappa shape index (κ2) is 9.32. The number of aromatic carboxylic acids is 1. The zero-order chi connectivity index (χ0) is 22.0. The van der Waals surface area contributed by atoms with Gasteiger partial charge in [-0.1, -0.05) is 29.9 Å². The molecule has 0 aromatic carbocycles. The molecule has 2 aromatic rings. The summed E-state index contributed by atoms with van der Waals surface area (Å²) >= 11 is 7.21. The molecule has 2 atom stereocenters. The highest BCUT2D eigenvalue weighted by Crippen LogP contribution is 2.29. The normalized spacial score (nSPS) is 19.3. The van der Waals surface area contributed by atoms with E-state index < -0.39 is 5.97 Å². The fourth-order valence-electron chi connectivity index (χ4n) is 3.43. The summed E-state index contributed by atoms with van der Waals surface area (Å²) in [5.41, 5.74) is 1.22. The van der Waals surface area contributed by atoms with Crippen LogP contribution in [-0.4, -0.2) is 63.3 Å². The number of rotatable bonds is 7. The van der Waals surface area contributed by atoms with Gasteiger partial charge in [-0.25, -0.2) is 14.8 Å². The van der Waals surface area contributed by atoms with E-state index in [-0.39, 0.29) is 34.9 Å². The van der Waals surface area contributed by atoms with Gasteiger partial charge in [0.15, 0.2) is 16.1 Å². The lowest BCUT2D eigenvalue weighted by atomic mass is 10.0. The van der Waals surface area contributed by atoms with Crippen LogP contribution in [0.15, 0.2) is 0 Å². The number of halogens is 1. The lowest BCUT2D eigenvalue weighted by Crippen LogP contribution is -2.56. The molecular weight excluding hydrogens is 430 g/mol. The van der Waals surface area contributed by atoms with Gasteiger partial charge in [-0.2, -0.15) is 0 Å². The highest BCUT2D eigenvalue weighted by molar-refractivity contribution is 7.17. The molecular formula is C19H26ClN5O4S. The molecule has 3 heterocycles. The Labute approximate surface area is 183 Å². The molecule has 0 aliphatic carbocycles. The van der Waals surface area contributed by atoms with E-state index in [0.717, 1.165) is 17.0 Å². The topological polar surface area (TPSA) is 120 Å². The largest absolute Gasteiger partial charge is 0.477 e. The van der Waals surface area contributed by atoms with Crippen molar-refractivity contribution in [2.45, 2.75) is 58.8 Å². The van der Waals surface area contributed by atoms with Crippen LogP contribution in [0.2, 0.25) is 5.15 Å². The minimum atomic E-state index is -0.975. The smallest absolute Gasteiger partial charge is 0.347 e. The molecule has 0 spiro atoms. The second-order valence-electron chi connectivity index (χ2n) is 7.46. The standard InChI is InChI=1S/C19H26ClN5O4S/c1-5-11-15(20)24-16(22-11)17(26)23-12-6-7-25(8-13(12)29-9(2)3)19-21-10(4)14(30-19)18(27)28/h9,12-13H,5-8H2,1-4H3,(H,22,24)(H,23,26)(H,27,28)/t12-,13+/m1/s1. The molecule has 3 rings (SSSR count). The predicted molar refractivity (Wildman–Crippen MR) is 115 cm³/mol. The van der Waals surface area contributed by atoms with Gasteiger partial charge in [0, 0.05) is 13.1 Å². The van der Waals surface area contributed by atoms with Crippen molar-refractivity contribution in [1.82, 2.24) is 20.3 Å². The van der Waals surface area contributed by atoms with Crippen molar-refractivity contribution in [3.8, 4) is 0 Å². The van der Waals surface area contributed by atoms with E-state index >= 15 is 0 Å². The van der Waals surface area contributed by atoms with Gasteiger partial charge in [0.05, 0.1) is 29.6 Å². The summed E-state index contributed by atoms with van der Waals surface area (Å²) in [5.74, 6) is -1.12. The fraction of sp³-hybridized carbons (Fsp3) is 0.579. The Bertz CT molecular complexity index is 928. The molecule has 1 fully saturated rings. The highest BCUT2D eigenvalue weighted by Gasteiger charge is 2.34. The van der Waals surface area contributed by atoms with Crippen LogP contribution in [0.5, 0.6) is 0 Å². The van der Waals surface area contributed by atoms with Crippen molar-refractivity contribution in [3.63, 3.8) is 0 Å².